The van der Waals surface area contributed by atoms with Gasteiger partial charge in [-0.05, 0) is 18.9 Å². The molecule has 2 unspecified atom stereocenters. The maximum Gasteiger partial charge on any atom is 0.265 e. The van der Waals surface area contributed by atoms with Gasteiger partial charge in [0, 0.05) is 18.5 Å². The molecule has 0 spiro atoms. The van der Waals surface area contributed by atoms with Gasteiger partial charge >= 0.3 is 0 Å². The van der Waals surface area contributed by atoms with E-state index in [-0.39, 0.29) is 11.9 Å². The number of hydrogen-bond acceptors (Lipinski definition) is 3. The number of hydrogen-bond donors (Lipinski definition) is 0. The molecule has 20 heavy (non-hydrogen) atoms. The van der Waals surface area contributed by atoms with Gasteiger partial charge in [-0.3, -0.25) is 4.79 Å². The van der Waals surface area contributed by atoms with Gasteiger partial charge in [0.25, 0.3) is 5.91 Å². The van der Waals surface area contributed by atoms with Crippen molar-refractivity contribution >= 4 is 28.8 Å². The highest BCUT2D eigenvalue weighted by Crippen LogP contribution is 2.34. The largest absolute Gasteiger partial charge is 0.335 e. The zero-order valence-electron chi connectivity index (χ0n) is 11.1. The van der Waals surface area contributed by atoms with Crippen LogP contribution < -0.4 is 0 Å². The average Bonchev–Trinajstić information content (AvgIpc) is 3.05. The van der Waals surface area contributed by atoms with Crippen molar-refractivity contribution in [2.24, 2.45) is 0 Å². The topological polar surface area (TPSA) is 33.2 Å². The average molecular weight is 307 g/mol. The fourth-order valence-corrected chi connectivity index (χ4v) is 3.76. The van der Waals surface area contributed by atoms with Gasteiger partial charge in [-0.2, -0.15) is 0 Å². The van der Waals surface area contributed by atoms with Gasteiger partial charge in [0.2, 0.25) is 0 Å². The zero-order valence-corrected chi connectivity index (χ0v) is 12.7. The van der Waals surface area contributed by atoms with Crippen molar-refractivity contribution in [3.8, 4) is 0 Å². The standard InChI is InChI=1S/C15H15ClN2OS/c1-10-12(11-5-3-2-4-6-11)7-8-18(10)14(19)13-9-17-15(16)20-13/h2-6,9-10,12H,7-8H2,1H3. The summed E-state index contributed by atoms with van der Waals surface area (Å²) in [6.45, 7) is 2.90. The lowest BCUT2D eigenvalue weighted by molar-refractivity contribution is 0.0747. The predicted molar refractivity (Wildman–Crippen MR) is 81.4 cm³/mol. The Kier molecular flexibility index (Phi) is 3.76. The quantitative estimate of drug-likeness (QED) is 0.845. The predicted octanol–water partition coefficient (Wildman–Crippen LogP) is 3.81. The van der Waals surface area contributed by atoms with E-state index in [1.54, 1.807) is 6.20 Å². The minimum absolute atomic E-state index is 0.0420. The summed E-state index contributed by atoms with van der Waals surface area (Å²) in [5.74, 6) is 0.448. The number of halogens is 1. The number of thiazole rings is 1. The number of benzene rings is 1. The Morgan fingerprint density at radius 2 is 2.15 bits per heavy atom. The fraction of sp³-hybridized carbons (Fsp3) is 0.333. The number of aromatic nitrogens is 1. The molecule has 1 aliphatic rings. The van der Waals surface area contributed by atoms with Crippen LogP contribution in [0.1, 0.15) is 34.5 Å². The molecule has 0 saturated carbocycles. The molecule has 1 fully saturated rings. The van der Waals surface area contributed by atoms with Crippen LogP contribution in [0.5, 0.6) is 0 Å². The van der Waals surface area contributed by atoms with E-state index in [0.717, 1.165) is 13.0 Å². The first-order valence-corrected chi connectivity index (χ1v) is 7.83. The minimum Gasteiger partial charge on any atom is -0.335 e. The van der Waals surface area contributed by atoms with Crippen LogP contribution in [0.3, 0.4) is 0 Å². The van der Waals surface area contributed by atoms with Gasteiger partial charge in [-0.1, -0.05) is 53.3 Å². The highest BCUT2D eigenvalue weighted by Gasteiger charge is 2.35. The molecular formula is C15H15ClN2OS. The maximum absolute atomic E-state index is 12.5. The van der Waals surface area contributed by atoms with Crippen molar-refractivity contribution in [1.82, 2.24) is 9.88 Å². The maximum atomic E-state index is 12.5. The zero-order chi connectivity index (χ0) is 14.1. The number of carbonyl (C=O) groups excluding carboxylic acids is 1. The number of carbonyl (C=O) groups is 1. The van der Waals surface area contributed by atoms with Crippen LogP contribution in [-0.4, -0.2) is 28.4 Å². The molecule has 1 aromatic carbocycles. The van der Waals surface area contributed by atoms with E-state index < -0.39 is 0 Å². The van der Waals surface area contributed by atoms with Crippen LogP contribution in [0.4, 0.5) is 0 Å². The number of amides is 1. The molecule has 0 aliphatic carbocycles. The summed E-state index contributed by atoms with van der Waals surface area (Å²) in [6, 6.07) is 10.6. The van der Waals surface area contributed by atoms with Gasteiger partial charge in [0.15, 0.2) is 4.47 Å². The van der Waals surface area contributed by atoms with Gasteiger partial charge in [0.1, 0.15) is 4.88 Å². The second kappa shape index (κ2) is 5.54. The molecule has 3 rings (SSSR count). The van der Waals surface area contributed by atoms with Crippen molar-refractivity contribution in [2.45, 2.75) is 25.3 Å². The van der Waals surface area contributed by atoms with Crippen LogP contribution in [0.2, 0.25) is 4.47 Å². The molecule has 5 heteroatoms. The smallest absolute Gasteiger partial charge is 0.265 e. The number of nitrogens with zero attached hydrogens (tertiary/aromatic N) is 2. The monoisotopic (exact) mass is 306 g/mol. The van der Waals surface area contributed by atoms with Crippen molar-refractivity contribution in [3.05, 3.63) is 51.4 Å². The number of rotatable bonds is 2. The first-order valence-electron chi connectivity index (χ1n) is 6.64. The van der Waals surface area contributed by atoms with E-state index in [1.165, 1.54) is 16.9 Å². The summed E-state index contributed by atoms with van der Waals surface area (Å²) in [5.41, 5.74) is 1.30. The third kappa shape index (κ3) is 2.45. The van der Waals surface area contributed by atoms with Gasteiger partial charge in [0.05, 0.1) is 6.20 Å². The summed E-state index contributed by atoms with van der Waals surface area (Å²) in [7, 11) is 0. The summed E-state index contributed by atoms with van der Waals surface area (Å²) in [5, 5.41) is 0. The Labute approximate surface area is 127 Å². The molecular weight excluding hydrogens is 292 g/mol. The Hall–Kier alpha value is -1.39. The van der Waals surface area contributed by atoms with E-state index in [0.29, 0.717) is 15.3 Å². The minimum atomic E-state index is 0.0420. The molecule has 3 nitrogen and oxygen atoms in total. The van der Waals surface area contributed by atoms with Crippen molar-refractivity contribution in [1.29, 1.82) is 0 Å². The van der Waals surface area contributed by atoms with E-state index in [1.807, 2.05) is 11.0 Å². The highest BCUT2D eigenvalue weighted by atomic mass is 35.5. The molecule has 0 radical (unpaired) electrons. The molecule has 2 atom stereocenters. The van der Waals surface area contributed by atoms with Crippen molar-refractivity contribution < 1.29 is 4.79 Å². The second-order valence-electron chi connectivity index (χ2n) is 5.02. The van der Waals surface area contributed by atoms with Gasteiger partial charge in [-0.25, -0.2) is 4.98 Å². The van der Waals surface area contributed by atoms with E-state index in [2.05, 4.69) is 36.2 Å². The SMILES string of the molecule is CC1C(c2ccccc2)CCN1C(=O)c1cnc(Cl)s1. The van der Waals surface area contributed by atoms with Gasteiger partial charge in [-0.15, -0.1) is 0 Å². The third-order valence-corrected chi connectivity index (χ3v) is 5.03. The fourth-order valence-electron chi connectivity index (χ4n) is 2.87. The summed E-state index contributed by atoms with van der Waals surface area (Å²) in [4.78, 5) is 19.0. The van der Waals surface area contributed by atoms with E-state index >= 15 is 0 Å². The molecule has 2 aromatic rings. The van der Waals surface area contributed by atoms with E-state index in [9.17, 15) is 4.79 Å². The van der Waals surface area contributed by atoms with Crippen LogP contribution in [-0.2, 0) is 0 Å². The van der Waals surface area contributed by atoms with Crippen LogP contribution in [0.25, 0.3) is 0 Å². The first kappa shape index (κ1) is 13.6. The first-order chi connectivity index (χ1) is 9.66. The van der Waals surface area contributed by atoms with Crippen LogP contribution >= 0.6 is 22.9 Å². The molecule has 1 saturated heterocycles. The Morgan fingerprint density at radius 1 is 1.40 bits per heavy atom. The molecule has 2 heterocycles. The van der Waals surface area contributed by atoms with Crippen molar-refractivity contribution in [3.63, 3.8) is 0 Å². The van der Waals surface area contributed by atoms with Crippen LogP contribution in [0.15, 0.2) is 36.5 Å². The molecule has 1 aliphatic heterocycles. The van der Waals surface area contributed by atoms with E-state index in [4.69, 9.17) is 11.6 Å². The normalized spacial score (nSPS) is 22.2. The Balaban J connectivity index is 1.79. The summed E-state index contributed by atoms with van der Waals surface area (Å²) < 4.78 is 0.416. The lowest BCUT2D eigenvalue weighted by atomic mass is 9.93. The van der Waals surface area contributed by atoms with Gasteiger partial charge < -0.3 is 4.90 Å². The molecule has 104 valence electrons. The number of likely N-dealkylation sites (tertiary alicyclic amines) is 1. The summed E-state index contributed by atoms with van der Waals surface area (Å²) in [6.07, 6.45) is 2.57. The second-order valence-corrected chi connectivity index (χ2v) is 6.64. The lowest BCUT2D eigenvalue weighted by Crippen LogP contribution is -2.34. The van der Waals surface area contributed by atoms with Crippen molar-refractivity contribution in [2.75, 3.05) is 6.54 Å². The third-order valence-electron chi connectivity index (χ3n) is 3.93. The Bertz CT molecular complexity index is 613. The molecule has 1 amide bonds. The molecule has 1 aromatic heterocycles. The summed E-state index contributed by atoms with van der Waals surface area (Å²) >= 11 is 7.05. The Morgan fingerprint density at radius 3 is 2.80 bits per heavy atom. The highest BCUT2D eigenvalue weighted by molar-refractivity contribution is 7.17. The molecule has 0 bridgehead atoms. The lowest BCUT2D eigenvalue weighted by Gasteiger charge is -2.24. The van der Waals surface area contributed by atoms with Crippen LogP contribution in [0, 0.1) is 0 Å². The molecule has 0 N–H and O–H groups in total.